The van der Waals surface area contributed by atoms with E-state index in [4.69, 9.17) is 14.2 Å². The minimum atomic E-state index is 0.534. The van der Waals surface area contributed by atoms with Crippen LogP contribution in [0.1, 0.15) is 18.1 Å². The van der Waals surface area contributed by atoms with Gasteiger partial charge in [0.15, 0.2) is 11.5 Å². The van der Waals surface area contributed by atoms with Crippen LogP contribution in [-0.2, 0) is 17.9 Å². The lowest BCUT2D eigenvalue weighted by Crippen LogP contribution is -2.18. The van der Waals surface area contributed by atoms with Crippen LogP contribution in [-0.4, -0.2) is 26.9 Å². The van der Waals surface area contributed by atoms with Crippen molar-refractivity contribution in [1.82, 2.24) is 5.32 Å². The van der Waals surface area contributed by atoms with E-state index in [1.54, 1.807) is 7.11 Å². The molecule has 0 bridgehead atoms. The topological polar surface area (TPSA) is 39.7 Å². The molecule has 0 saturated heterocycles. The summed E-state index contributed by atoms with van der Waals surface area (Å²) in [6.45, 7) is 5.44. The average Bonchev–Trinajstić information content (AvgIpc) is 2.59. The van der Waals surface area contributed by atoms with E-state index in [9.17, 15) is 0 Å². The molecule has 2 aromatic rings. The molecule has 0 aliphatic rings. The lowest BCUT2D eigenvalue weighted by Gasteiger charge is -2.14. The Morgan fingerprint density at radius 2 is 1.74 bits per heavy atom. The van der Waals surface area contributed by atoms with Gasteiger partial charge in [0, 0.05) is 20.2 Å². The van der Waals surface area contributed by atoms with Crippen LogP contribution in [0, 0.1) is 0 Å². The Morgan fingerprint density at radius 1 is 0.913 bits per heavy atom. The van der Waals surface area contributed by atoms with Gasteiger partial charge in [0.2, 0.25) is 0 Å². The second kappa shape index (κ2) is 9.87. The third-order valence-electron chi connectivity index (χ3n) is 3.36. The zero-order valence-corrected chi connectivity index (χ0v) is 13.9. The molecule has 0 aliphatic heterocycles. The zero-order chi connectivity index (χ0) is 16.3. The summed E-state index contributed by atoms with van der Waals surface area (Å²) in [6, 6.07) is 16.2. The van der Waals surface area contributed by atoms with Crippen LogP contribution < -0.4 is 14.8 Å². The first kappa shape index (κ1) is 17.3. The predicted octanol–water partition coefficient (Wildman–Crippen LogP) is 3.40. The second-order valence-electron chi connectivity index (χ2n) is 5.16. The summed E-state index contributed by atoms with van der Waals surface area (Å²) in [6.07, 6.45) is 0. The monoisotopic (exact) mass is 315 g/mol. The predicted molar refractivity (Wildman–Crippen MR) is 92.0 cm³/mol. The molecule has 0 unspecified atom stereocenters. The van der Waals surface area contributed by atoms with E-state index in [1.165, 1.54) is 0 Å². The Kier molecular flexibility index (Phi) is 7.43. The van der Waals surface area contributed by atoms with Crippen molar-refractivity contribution in [3.63, 3.8) is 0 Å². The molecule has 0 heterocycles. The largest absolute Gasteiger partial charge is 0.490 e. The van der Waals surface area contributed by atoms with Crippen molar-refractivity contribution in [3.8, 4) is 11.5 Å². The molecule has 2 rings (SSSR count). The maximum absolute atomic E-state index is 5.91. The molecule has 0 radical (unpaired) electrons. The minimum absolute atomic E-state index is 0.534. The van der Waals surface area contributed by atoms with Gasteiger partial charge in [0.25, 0.3) is 0 Å². The standard InChI is InChI=1S/C19H25NO3/c1-3-22-19-13-17(14-20-11-12-21-2)9-10-18(19)23-15-16-7-5-4-6-8-16/h4-10,13,20H,3,11-12,14-15H2,1-2H3. The van der Waals surface area contributed by atoms with E-state index < -0.39 is 0 Å². The van der Waals surface area contributed by atoms with Gasteiger partial charge < -0.3 is 19.5 Å². The van der Waals surface area contributed by atoms with E-state index in [-0.39, 0.29) is 0 Å². The molecule has 0 spiro atoms. The number of methoxy groups -OCH3 is 1. The van der Waals surface area contributed by atoms with Crippen LogP contribution in [0.3, 0.4) is 0 Å². The minimum Gasteiger partial charge on any atom is -0.490 e. The highest BCUT2D eigenvalue weighted by atomic mass is 16.5. The number of ether oxygens (including phenoxy) is 3. The fraction of sp³-hybridized carbons (Fsp3) is 0.368. The van der Waals surface area contributed by atoms with Crippen LogP contribution in [0.25, 0.3) is 0 Å². The quantitative estimate of drug-likeness (QED) is 0.682. The molecule has 0 fully saturated rings. The van der Waals surface area contributed by atoms with Crippen molar-refractivity contribution in [1.29, 1.82) is 0 Å². The van der Waals surface area contributed by atoms with E-state index in [0.29, 0.717) is 19.8 Å². The zero-order valence-electron chi connectivity index (χ0n) is 13.9. The molecule has 1 N–H and O–H groups in total. The van der Waals surface area contributed by atoms with Gasteiger partial charge >= 0.3 is 0 Å². The smallest absolute Gasteiger partial charge is 0.161 e. The first-order chi connectivity index (χ1) is 11.3. The molecule has 0 aromatic heterocycles. The third-order valence-corrected chi connectivity index (χ3v) is 3.36. The highest BCUT2D eigenvalue weighted by Crippen LogP contribution is 2.29. The molecule has 4 nitrogen and oxygen atoms in total. The lowest BCUT2D eigenvalue weighted by atomic mass is 10.2. The number of nitrogens with one attached hydrogen (secondary N) is 1. The molecule has 4 heteroatoms. The molecular formula is C19H25NO3. The summed E-state index contributed by atoms with van der Waals surface area (Å²) in [5.74, 6) is 1.56. The first-order valence-corrected chi connectivity index (χ1v) is 7.95. The van der Waals surface area contributed by atoms with Crippen molar-refractivity contribution >= 4 is 0 Å². The molecule has 0 atom stereocenters. The lowest BCUT2D eigenvalue weighted by molar-refractivity contribution is 0.199. The fourth-order valence-corrected chi connectivity index (χ4v) is 2.19. The number of hydrogen-bond donors (Lipinski definition) is 1. The van der Waals surface area contributed by atoms with Crippen LogP contribution in [0.5, 0.6) is 11.5 Å². The highest BCUT2D eigenvalue weighted by molar-refractivity contribution is 5.43. The summed E-state index contributed by atoms with van der Waals surface area (Å²) >= 11 is 0. The van der Waals surface area contributed by atoms with Gasteiger partial charge in [-0.2, -0.15) is 0 Å². The van der Waals surface area contributed by atoms with Crippen molar-refractivity contribution in [2.75, 3.05) is 26.9 Å². The molecule has 0 aliphatic carbocycles. The average molecular weight is 315 g/mol. The van der Waals surface area contributed by atoms with E-state index in [1.807, 2.05) is 37.3 Å². The summed E-state index contributed by atoms with van der Waals surface area (Å²) in [7, 11) is 1.70. The molecule has 124 valence electrons. The Hall–Kier alpha value is -2.04. The molecule has 23 heavy (non-hydrogen) atoms. The molecule has 0 saturated carbocycles. The molecule has 2 aromatic carbocycles. The highest BCUT2D eigenvalue weighted by Gasteiger charge is 2.07. The van der Waals surface area contributed by atoms with Crippen molar-refractivity contribution in [3.05, 3.63) is 59.7 Å². The summed E-state index contributed by atoms with van der Waals surface area (Å²) in [5.41, 5.74) is 2.30. The maximum atomic E-state index is 5.91. The van der Waals surface area contributed by atoms with Crippen LogP contribution in [0.2, 0.25) is 0 Å². The third kappa shape index (κ3) is 5.93. The van der Waals surface area contributed by atoms with Gasteiger partial charge in [-0.15, -0.1) is 0 Å². The maximum Gasteiger partial charge on any atom is 0.161 e. The van der Waals surface area contributed by atoms with Gasteiger partial charge in [0.1, 0.15) is 6.61 Å². The summed E-state index contributed by atoms with van der Waals surface area (Å²) in [5, 5.41) is 3.33. The summed E-state index contributed by atoms with van der Waals surface area (Å²) in [4.78, 5) is 0. The normalized spacial score (nSPS) is 10.5. The van der Waals surface area contributed by atoms with Gasteiger partial charge in [-0.3, -0.25) is 0 Å². The van der Waals surface area contributed by atoms with E-state index >= 15 is 0 Å². The van der Waals surface area contributed by atoms with E-state index in [2.05, 4.69) is 23.5 Å². The van der Waals surface area contributed by atoms with Gasteiger partial charge in [0.05, 0.1) is 13.2 Å². The Morgan fingerprint density at radius 3 is 2.48 bits per heavy atom. The van der Waals surface area contributed by atoms with Gasteiger partial charge in [-0.25, -0.2) is 0 Å². The Balaban J connectivity index is 1.97. The van der Waals surface area contributed by atoms with Crippen LogP contribution >= 0.6 is 0 Å². The Labute approximate surface area is 138 Å². The number of hydrogen-bond acceptors (Lipinski definition) is 4. The number of rotatable bonds is 10. The molecular weight excluding hydrogens is 290 g/mol. The van der Waals surface area contributed by atoms with Crippen molar-refractivity contribution < 1.29 is 14.2 Å². The van der Waals surface area contributed by atoms with Gasteiger partial charge in [-0.1, -0.05) is 36.4 Å². The van der Waals surface area contributed by atoms with E-state index in [0.717, 1.165) is 35.7 Å². The van der Waals surface area contributed by atoms with Crippen LogP contribution in [0.4, 0.5) is 0 Å². The second-order valence-corrected chi connectivity index (χ2v) is 5.16. The molecule has 0 amide bonds. The SMILES string of the molecule is CCOc1cc(CNCCOC)ccc1OCc1ccccc1. The summed E-state index contributed by atoms with van der Waals surface area (Å²) < 4.78 is 16.7. The van der Waals surface area contributed by atoms with Crippen molar-refractivity contribution in [2.45, 2.75) is 20.1 Å². The van der Waals surface area contributed by atoms with Gasteiger partial charge in [-0.05, 0) is 30.2 Å². The number of benzene rings is 2. The van der Waals surface area contributed by atoms with Crippen LogP contribution in [0.15, 0.2) is 48.5 Å². The Bertz CT molecular complexity index is 572. The van der Waals surface area contributed by atoms with Crippen molar-refractivity contribution in [2.24, 2.45) is 0 Å². The fourth-order valence-electron chi connectivity index (χ4n) is 2.19. The first-order valence-electron chi connectivity index (χ1n) is 7.95.